The third kappa shape index (κ3) is 3.49. The van der Waals surface area contributed by atoms with E-state index < -0.39 is 0 Å². The second-order valence-corrected chi connectivity index (χ2v) is 2.82. The molecule has 0 heterocycles. The van der Waals surface area contributed by atoms with Gasteiger partial charge in [-0.15, -0.1) is 0 Å². The highest BCUT2D eigenvalue weighted by atomic mass is 16.1. The Morgan fingerprint density at radius 1 is 1.67 bits per heavy atom. The van der Waals surface area contributed by atoms with E-state index >= 15 is 0 Å². The molecule has 1 unspecified atom stereocenters. The number of rotatable bonds is 5. The molecular weight excluding hydrogens is 152 g/mol. The van der Waals surface area contributed by atoms with Gasteiger partial charge >= 0.3 is 0 Å². The van der Waals surface area contributed by atoms with Crippen LogP contribution in [0, 0.1) is 11.3 Å². The summed E-state index contributed by atoms with van der Waals surface area (Å²) in [5.74, 6) is 0.162. The standard InChI is InChI=1S/C9H16N2O/c1-4-11(7-5-6-10)8(2)9(3)12/h8H,4-5,7H2,1-3H3. The van der Waals surface area contributed by atoms with Gasteiger partial charge in [0, 0.05) is 13.0 Å². The summed E-state index contributed by atoms with van der Waals surface area (Å²) in [6.07, 6.45) is 0.492. The molecule has 12 heavy (non-hydrogen) atoms. The minimum Gasteiger partial charge on any atom is -0.298 e. The Morgan fingerprint density at radius 2 is 2.25 bits per heavy atom. The van der Waals surface area contributed by atoms with Crippen molar-refractivity contribution in [2.75, 3.05) is 13.1 Å². The van der Waals surface area contributed by atoms with Gasteiger partial charge in [0.2, 0.25) is 0 Å². The topological polar surface area (TPSA) is 44.1 Å². The maximum absolute atomic E-state index is 11.0. The molecule has 0 fully saturated rings. The number of Topliss-reactive ketones (excluding diaryl/α,β-unsaturated/α-hetero) is 1. The summed E-state index contributed by atoms with van der Waals surface area (Å²) in [5, 5.41) is 8.37. The van der Waals surface area contributed by atoms with Crippen LogP contribution in [-0.2, 0) is 4.79 Å². The van der Waals surface area contributed by atoms with Crippen molar-refractivity contribution < 1.29 is 4.79 Å². The summed E-state index contributed by atoms with van der Waals surface area (Å²) in [5.41, 5.74) is 0. The van der Waals surface area contributed by atoms with Crippen LogP contribution in [0.2, 0.25) is 0 Å². The summed E-state index contributed by atoms with van der Waals surface area (Å²) in [4.78, 5) is 13.0. The zero-order valence-electron chi connectivity index (χ0n) is 8.00. The molecule has 0 saturated heterocycles. The number of carbonyl (C=O) groups excluding carboxylic acids is 1. The molecule has 0 radical (unpaired) electrons. The van der Waals surface area contributed by atoms with Crippen LogP contribution < -0.4 is 0 Å². The van der Waals surface area contributed by atoms with Gasteiger partial charge in [-0.05, 0) is 20.4 Å². The van der Waals surface area contributed by atoms with Crippen LogP contribution in [0.3, 0.4) is 0 Å². The highest BCUT2D eigenvalue weighted by molar-refractivity contribution is 5.80. The maximum atomic E-state index is 11.0. The Bertz CT molecular complexity index is 183. The van der Waals surface area contributed by atoms with E-state index in [1.165, 1.54) is 0 Å². The van der Waals surface area contributed by atoms with Crippen molar-refractivity contribution in [3.8, 4) is 6.07 Å². The van der Waals surface area contributed by atoms with E-state index in [1.54, 1.807) is 6.92 Å². The number of nitrogens with zero attached hydrogens (tertiary/aromatic N) is 2. The van der Waals surface area contributed by atoms with Gasteiger partial charge in [-0.25, -0.2) is 0 Å². The first-order valence-corrected chi connectivity index (χ1v) is 4.25. The number of likely N-dealkylation sites (N-methyl/N-ethyl adjacent to an activating group) is 1. The molecule has 0 aromatic carbocycles. The quantitative estimate of drug-likeness (QED) is 0.619. The number of hydrogen-bond donors (Lipinski definition) is 0. The third-order valence-corrected chi connectivity index (χ3v) is 2.05. The Kier molecular flexibility index (Phi) is 5.31. The molecule has 3 nitrogen and oxygen atoms in total. The Balaban J connectivity index is 3.97. The third-order valence-electron chi connectivity index (χ3n) is 2.05. The van der Waals surface area contributed by atoms with Crippen molar-refractivity contribution in [2.24, 2.45) is 0 Å². The molecule has 0 amide bonds. The smallest absolute Gasteiger partial charge is 0.146 e. The predicted octanol–water partition coefficient (Wildman–Crippen LogP) is 1.20. The highest BCUT2D eigenvalue weighted by Gasteiger charge is 2.14. The lowest BCUT2D eigenvalue weighted by atomic mass is 10.2. The zero-order chi connectivity index (χ0) is 9.56. The molecule has 0 saturated carbocycles. The summed E-state index contributed by atoms with van der Waals surface area (Å²) in [6, 6.07) is 2.02. The van der Waals surface area contributed by atoms with Crippen LogP contribution in [0.15, 0.2) is 0 Å². The normalized spacial score (nSPS) is 12.6. The SMILES string of the molecule is CCN(CCC#N)C(C)C(C)=O. The Morgan fingerprint density at radius 3 is 2.58 bits per heavy atom. The molecule has 0 aliphatic rings. The van der Waals surface area contributed by atoms with Crippen molar-refractivity contribution in [1.82, 2.24) is 4.90 Å². The minimum absolute atomic E-state index is 0.0525. The van der Waals surface area contributed by atoms with Gasteiger partial charge < -0.3 is 0 Å². The van der Waals surface area contributed by atoms with E-state index in [0.717, 1.165) is 6.54 Å². The van der Waals surface area contributed by atoms with Crippen molar-refractivity contribution >= 4 is 5.78 Å². The molecule has 0 bridgehead atoms. The molecule has 0 aliphatic heterocycles. The van der Waals surface area contributed by atoms with Crippen molar-refractivity contribution in [1.29, 1.82) is 5.26 Å². The average Bonchev–Trinajstić information content (AvgIpc) is 2.05. The summed E-state index contributed by atoms with van der Waals surface area (Å²) < 4.78 is 0. The monoisotopic (exact) mass is 168 g/mol. The first-order chi connectivity index (χ1) is 5.63. The summed E-state index contributed by atoms with van der Waals surface area (Å²) >= 11 is 0. The molecule has 0 N–H and O–H groups in total. The minimum atomic E-state index is -0.0525. The van der Waals surface area contributed by atoms with Crippen molar-refractivity contribution in [2.45, 2.75) is 33.2 Å². The number of nitriles is 1. The van der Waals surface area contributed by atoms with Gasteiger partial charge in [0.05, 0.1) is 12.1 Å². The molecule has 3 heteroatoms. The molecule has 0 aliphatic carbocycles. The average molecular weight is 168 g/mol. The lowest BCUT2D eigenvalue weighted by molar-refractivity contribution is -0.121. The lowest BCUT2D eigenvalue weighted by Gasteiger charge is -2.24. The summed E-state index contributed by atoms with van der Waals surface area (Å²) in [7, 11) is 0. The van der Waals surface area contributed by atoms with Crippen LogP contribution in [-0.4, -0.2) is 29.8 Å². The largest absolute Gasteiger partial charge is 0.298 e. The molecule has 0 aromatic heterocycles. The molecular formula is C9H16N2O. The first kappa shape index (κ1) is 11.1. The van der Waals surface area contributed by atoms with E-state index in [9.17, 15) is 4.79 Å². The van der Waals surface area contributed by atoms with Crippen molar-refractivity contribution in [3.05, 3.63) is 0 Å². The number of ketones is 1. The van der Waals surface area contributed by atoms with Crippen LogP contribution in [0.4, 0.5) is 0 Å². The highest BCUT2D eigenvalue weighted by Crippen LogP contribution is 2.00. The second kappa shape index (κ2) is 5.73. The first-order valence-electron chi connectivity index (χ1n) is 4.25. The van der Waals surface area contributed by atoms with Gasteiger partial charge in [-0.1, -0.05) is 6.92 Å². The zero-order valence-corrected chi connectivity index (χ0v) is 8.00. The van der Waals surface area contributed by atoms with E-state index in [4.69, 9.17) is 5.26 Å². The van der Waals surface area contributed by atoms with Crippen LogP contribution >= 0.6 is 0 Å². The van der Waals surface area contributed by atoms with E-state index in [2.05, 4.69) is 6.07 Å². The number of hydrogen-bond acceptors (Lipinski definition) is 3. The molecule has 1 atom stereocenters. The Hall–Kier alpha value is -0.880. The van der Waals surface area contributed by atoms with Gasteiger partial charge in [0.15, 0.2) is 0 Å². The molecule has 0 aromatic rings. The lowest BCUT2D eigenvalue weighted by Crippen LogP contribution is -2.38. The van der Waals surface area contributed by atoms with Crippen LogP contribution in [0.5, 0.6) is 0 Å². The second-order valence-electron chi connectivity index (χ2n) is 2.82. The fourth-order valence-electron chi connectivity index (χ4n) is 1.08. The van der Waals surface area contributed by atoms with Crippen LogP contribution in [0.1, 0.15) is 27.2 Å². The van der Waals surface area contributed by atoms with Gasteiger partial charge in [0.25, 0.3) is 0 Å². The molecule has 68 valence electrons. The van der Waals surface area contributed by atoms with Crippen LogP contribution in [0.25, 0.3) is 0 Å². The summed E-state index contributed by atoms with van der Waals surface area (Å²) in [6.45, 7) is 6.97. The van der Waals surface area contributed by atoms with E-state index in [1.807, 2.05) is 18.7 Å². The molecule has 0 rings (SSSR count). The Labute approximate surface area is 74.0 Å². The van der Waals surface area contributed by atoms with E-state index in [0.29, 0.717) is 13.0 Å². The fourth-order valence-corrected chi connectivity index (χ4v) is 1.08. The predicted molar refractivity (Wildman–Crippen MR) is 47.6 cm³/mol. The van der Waals surface area contributed by atoms with Gasteiger partial charge in [0.1, 0.15) is 5.78 Å². The van der Waals surface area contributed by atoms with Gasteiger partial charge in [-0.2, -0.15) is 5.26 Å². The van der Waals surface area contributed by atoms with E-state index in [-0.39, 0.29) is 11.8 Å². The number of carbonyl (C=O) groups is 1. The maximum Gasteiger partial charge on any atom is 0.146 e. The van der Waals surface area contributed by atoms with Crippen molar-refractivity contribution in [3.63, 3.8) is 0 Å². The van der Waals surface area contributed by atoms with Gasteiger partial charge in [-0.3, -0.25) is 9.69 Å². The fraction of sp³-hybridized carbons (Fsp3) is 0.778. The molecule has 0 spiro atoms.